The number of carbonyl (C=O) groups excluding carboxylic acids is 2. The molecule has 1 saturated heterocycles. The maximum Gasteiger partial charge on any atom is 0.254 e. The van der Waals surface area contributed by atoms with Gasteiger partial charge < -0.3 is 29.8 Å². The molecule has 2 aliphatic carbocycles. The Morgan fingerprint density at radius 1 is 1.15 bits per heavy atom. The maximum absolute atomic E-state index is 15.8. The SMILES string of the molecule is COC1(Cn2c(-c3cc4ccc5nc4n3CCCCC[C@@H]3C[C@H]3C(=O)N[C@@H]5C)nc3cc(C(=O)N[C@H]4CNCC[C@@H]4F)c(F)cc32)CC1. The number of hydrogen-bond donors (Lipinski definition) is 3. The highest BCUT2D eigenvalue weighted by atomic mass is 19.1. The molecular formula is C36H43F2N7O3. The number of ether oxygens (including phenoxy) is 1. The molecule has 0 spiro atoms. The van der Waals surface area contributed by atoms with E-state index in [-0.39, 0.29) is 29.0 Å². The molecule has 3 aromatic heterocycles. The molecule has 8 rings (SSSR count). The number of pyridine rings is 1. The molecule has 0 radical (unpaired) electrons. The van der Waals surface area contributed by atoms with Crippen LogP contribution in [0.5, 0.6) is 0 Å². The van der Waals surface area contributed by atoms with Crippen molar-refractivity contribution in [2.45, 2.75) is 95.2 Å². The van der Waals surface area contributed by atoms with Gasteiger partial charge in [-0.05, 0) is 82.2 Å². The van der Waals surface area contributed by atoms with Gasteiger partial charge >= 0.3 is 0 Å². The number of methoxy groups -OCH3 is 1. The summed E-state index contributed by atoms with van der Waals surface area (Å²) in [5.74, 6) is 0.00286. The van der Waals surface area contributed by atoms with Crippen LogP contribution in [0.3, 0.4) is 0 Å². The van der Waals surface area contributed by atoms with Gasteiger partial charge in [-0.2, -0.15) is 0 Å². The van der Waals surface area contributed by atoms with Gasteiger partial charge in [0.25, 0.3) is 5.91 Å². The van der Waals surface area contributed by atoms with Gasteiger partial charge in [0, 0.05) is 37.6 Å². The van der Waals surface area contributed by atoms with Gasteiger partial charge in [-0.3, -0.25) is 9.59 Å². The van der Waals surface area contributed by atoms with Gasteiger partial charge in [0.15, 0.2) is 5.82 Å². The number of nitrogens with zero attached hydrogens (tertiary/aromatic N) is 4. The van der Waals surface area contributed by atoms with E-state index in [4.69, 9.17) is 14.7 Å². The zero-order chi connectivity index (χ0) is 33.2. The molecule has 254 valence electrons. The number of halogens is 2. The van der Waals surface area contributed by atoms with Gasteiger partial charge in [-0.15, -0.1) is 0 Å². The predicted octanol–water partition coefficient (Wildman–Crippen LogP) is 5.19. The highest BCUT2D eigenvalue weighted by molar-refractivity contribution is 5.98. The molecule has 0 unspecified atom stereocenters. The van der Waals surface area contributed by atoms with Gasteiger partial charge in [0.1, 0.15) is 17.6 Å². The lowest BCUT2D eigenvalue weighted by Crippen LogP contribution is -2.52. The number of aromatic nitrogens is 4. The highest BCUT2D eigenvalue weighted by Crippen LogP contribution is 2.44. The highest BCUT2D eigenvalue weighted by Gasteiger charge is 2.45. The number of nitrogens with one attached hydrogen (secondary N) is 3. The fourth-order valence-electron chi connectivity index (χ4n) is 7.67. The first-order chi connectivity index (χ1) is 23.2. The van der Waals surface area contributed by atoms with E-state index in [1.54, 1.807) is 7.11 Å². The van der Waals surface area contributed by atoms with Crippen molar-refractivity contribution >= 4 is 33.9 Å². The third-order valence-corrected chi connectivity index (χ3v) is 11.0. The van der Waals surface area contributed by atoms with E-state index in [0.29, 0.717) is 48.8 Å². The molecule has 1 aromatic carbocycles. The number of hydrogen-bond acceptors (Lipinski definition) is 6. The zero-order valence-electron chi connectivity index (χ0n) is 27.5. The lowest BCUT2D eigenvalue weighted by Gasteiger charge is -2.27. The van der Waals surface area contributed by atoms with Crippen LogP contribution in [-0.4, -0.2) is 68.9 Å². The van der Waals surface area contributed by atoms with Crippen LogP contribution in [0.15, 0.2) is 30.3 Å². The lowest BCUT2D eigenvalue weighted by atomic mass is 10.0. The molecule has 4 aliphatic rings. The molecular weight excluding hydrogens is 616 g/mol. The van der Waals surface area contributed by atoms with Gasteiger partial charge in [0.2, 0.25) is 5.91 Å². The van der Waals surface area contributed by atoms with Crippen molar-refractivity contribution < 1.29 is 23.1 Å². The van der Waals surface area contributed by atoms with Crippen LogP contribution in [-0.2, 0) is 22.6 Å². The summed E-state index contributed by atoms with van der Waals surface area (Å²) in [5, 5.41) is 9.91. The predicted molar refractivity (Wildman–Crippen MR) is 178 cm³/mol. The Bertz CT molecular complexity index is 1900. The Labute approximate surface area is 278 Å². The molecule has 2 saturated carbocycles. The Morgan fingerprint density at radius 2 is 2.00 bits per heavy atom. The molecule has 12 heteroatoms. The molecule has 48 heavy (non-hydrogen) atoms. The average Bonchev–Trinajstić information content (AvgIpc) is 3.97. The summed E-state index contributed by atoms with van der Waals surface area (Å²) in [4.78, 5) is 36.3. The monoisotopic (exact) mass is 659 g/mol. The van der Waals surface area contributed by atoms with Crippen molar-refractivity contribution in [3.05, 3.63) is 47.4 Å². The van der Waals surface area contributed by atoms with E-state index in [1.807, 2.05) is 23.6 Å². The fraction of sp³-hybridized carbons (Fsp3) is 0.556. The Kier molecular flexibility index (Phi) is 7.98. The minimum absolute atomic E-state index is 0.114. The molecule has 2 aliphatic heterocycles. The molecule has 4 aromatic rings. The molecule has 2 amide bonds. The van der Waals surface area contributed by atoms with Crippen LogP contribution in [0, 0.1) is 17.7 Å². The van der Waals surface area contributed by atoms with E-state index in [0.717, 1.165) is 73.9 Å². The summed E-state index contributed by atoms with van der Waals surface area (Å²) in [6, 6.07) is 7.97. The van der Waals surface area contributed by atoms with Crippen molar-refractivity contribution in [3.8, 4) is 11.5 Å². The number of aryl methyl sites for hydroxylation is 1. The third-order valence-electron chi connectivity index (χ3n) is 11.0. The number of imidazole rings is 1. The summed E-state index contributed by atoms with van der Waals surface area (Å²) in [5.41, 5.74) is 2.96. The molecule has 5 heterocycles. The maximum atomic E-state index is 15.8. The van der Waals surface area contributed by atoms with Crippen molar-refractivity contribution in [3.63, 3.8) is 0 Å². The molecule has 2 bridgehead atoms. The van der Waals surface area contributed by atoms with Crippen molar-refractivity contribution in [1.29, 1.82) is 0 Å². The summed E-state index contributed by atoms with van der Waals surface area (Å²) >= 11 is 0. The summed E-state index contributed by atoms with van der Waals surface area (Å²) < 4.78 is 40.4. The van der Waals surface area contributed by atoms with Crippen LogP contribution in [0.4, 0.5) is 8.78 Å². The summed E-state index contributed by atoms with van der Waals surface area (Å²) in [6.07, 6.45) is 5.92. The number of benzene rings is 1. The van der Waals surface area contributed by atoms with Crippen LogP contribution in [0.2, 0.25) is 0 Å². The topological polar surface area (TPSA) is 115 Å². The van der Waals surface area contributed by atoms with Crippen molar-refractivity contribution in [2.75, 3.05) is 20.2 Å². The first kappa shape index (κ1) is 31.4. The average molecular weight is 660 g/mol. The summed E-state index contributed by atoms with van der Waals surface area (Å²) in [7, 11) is 1.70. The van der Waals surface area contributed by atoms with E-state index < -0.39 is 23.9 Å². The first-order valence-corrected chi connectivity index (χ1v) is 17.4. The largest absolute Gasteiger partial charge is 0.376 e. The lowest BCUT2D eigenvalue weighted by molar-refractivity contribution is -0.123. The number of carbonyl (C=O) groups is 2. The minimum Gasteiger partial charge on any atom is -0.376 e. The van der Waals surface area contributed by atoms with Crippen molar-refractivity contribution in [2.24, 2.45) is 11.8 Å². The number of fused-ring (bicyclic) bond motifs is 3. The molecule has 3 fully saturated rings. The standard InChI is InChI=1S/C36H43F2N7O3/c1-20-27-8-7-22-15-31(44(32(22)41-27)13-5-3-4-6-21-14-23(21)34(46)40-20)33-42-28-16-24(35(47)43-29-18-39-12-9-25(29)37)26(38)17-30(28)45(33)19-36(48-2)10-11-36/h7-8,15-17,20-21,23,25,29,39H,3-6,9-14,18-19H2,1-2H3,(H,40,46)(H,43,47)/t20-,21-,23-,25+,29+/m1/s1. The van der Waals surface area contributed by atoms with Crippen molar-refractivity contribution in [1.82, 2.24) is 35.1 Å². The van der Waals surface area contributed by atoms with Crippen LogP contribution < -0.4 is 16.0 Å². The minimum atomic E-state index is -1.19. The Balaban J connectivity index is 1.22. The molecule has 3 N–H and O–H groups in total. The summed E-state index contributed by atoms with van der Waals surface area (Å²) in [6.45, 7) is 4.01. The number of amides is 2. The van der Waals surface area contributed by atoms with Crippen LogP contribution >= 0.6 is 0 Å². The fourth-order valence-corrected chi connectivity index (χ4v) is 7.67. The second-order valence-corrected chi connectivity index (χ2v) is 14.3. The second-order valence-electron chi connectivity index (χ2n) is 14.3. The van der Waals surface area contributed by atoms with Gasteiger partial charge in [-0.1, -0.05) is 12.8 Å². The van der Waals surface area contributed by atoms with E-state index in [9.17, 15) is 14.0 Å². The van der Waals surface area contributed by atoms with Crippen LogP contribution in [0.25, 0.3) is 33.6 Å². The smallest absolute Gasteiger partial charge is 0.254 e. The third kappa shape index (κ3) is 5.76. The normalized spacial score (nSPS) is 27.0. The number of piperidine rings is 1. The van der Waals surface area contributed by atoms with Gasteiger partial charge in [0.05, 0.1) is 52.2 Å². The quantitative estimate of drug-likeness (QED) is 0.263. The van der Waals surface area contributed by atoms with Gasteiger partial charge in [-0.25, -0.2) is 18.7 Å². The van der Waals surface area contributed by atoms with E-state index in [2.05, 4.69) is 26.6 Å². The number of alkyl halides is 1. The Morgan fingerprint density at radius 3 is 2.79 bits per heavy atom. The van der Waals surface area contributed by atoms with E-state index in [1.165, 1.54) is 12.1 Å². The van der Waals surface area contributed by atoms with E-state index >= 15 is 4.39 Å². The Hall–Kier alpha value is -3.90. The van der Waals surface area contributed by atoms with Crippen LogP contribution in [0.1, 0.15) is 80.4 Å². The molecule has 5 atom stereocenters. The zero-order valence-corrected chi connectivity index (χ0v) is 27.5. The first-order valence-electron chi connectivity index (χ1n) is 17.4. The molecule has 10 nitrogen and oxygen atoms in total. The number of rotatable bonds is 6. The second kappa shape index (κ2) is 12.2.